The SMILES string of the molecule is Cc1cccc(C)c1C(=O)Pc1ccc(-c2ccccc2)cc1.[Li]. The van der Waals surface area contributed by atoms with Crippen molar-refractivity contribution in [1.82, 2.24) is 0 Å². The molecule has 24 heavy (non-hydrogen) atoms. The van der Waals surface area contributed by atoms with Crippen LogP contribution in [0.25, 0.3) is 11.1 Å². The van der Waals surface area contributed by atoms with Gasteiger partial charge in [0.2, 0.25) is 0 Å². The summed E-state index contributed by atoms with van der Waals surface area (Å²) in [5.41, 5.74) is 5.58. The molecule has 3 heteroatoms. The van der Waals surface area contributed by atoms with E-state index < -0.39 is 0 Å². The van der Waals surface area contributed by atoms with E-state index in [-0.39, 0.29) is 33.0 Å². The van der Waals surface area contributed by atoms with E-state index in [0.29, 0.717) is 0 Å². The second kappa shape index (κ2) is 8.45. The molecule has 0 fully saturated rings. The third-order valence-corrected chi connectivity index (χ3v) is 5.06. The van der Waals surface area contributed by atoms with Crippen molar-refractivity contribution < 1.29 is 4.79 Å². The van der Waals surface area contributed by atoms with Crippen molar-refractivity contribution in [2.75, 3.05) is 0 Å². The first-order chi connectivity index (χ1) is 11.1. The van der Waals surface area contributed by atoms with Gasteiger partial charge in [-0.2, -0.15) is 0 Å². The van der Waals surface area contributed by atoms with E-state index in [9.17, 15) is 4.79 Å². The maximum Gasteiger partial charge on any atom is 0.186 e. The second-order valence-electron chi connectivity index (χ2n) is 5.66. The van der Waals surface area contributed by atoms with Crippen LogP contribution >= 0.6 is 8.58 Å². The molecule has 1 unspecified atom stereocenters. The van der Waals surface area contributed by atoms with Gasteiger partial charge in [0.15, 0.2) is 5.52 Å². The Hall–Kier alpha value is -1.64. The molecule has 3 aromatic rings. The van der Waals surface area contributed by atoms with E-state index in [4.69, 9.17) is 0 Å². The molecule has 0 amide bonds. The Balaban J connectivity index is 0.00000208. The first-order valence-electron chi connectivity index (χ1n) is 7.68. The fraction of sp³-hybridized carbons (Fsp3) is 0.0952. The summed E-state index contributed by atoms with van der Waals surface area (Å²) in [6.07, 6.45) is 0. The van der Waals surface area contributed by atoms with Crippen molar-refractivity contribution in [1.29, 1.82) is 0 Å². The maximum absolute atomic E-state index is 12.6. The van der Waals surface area contributed by atoms with Crippen molar-refractivity contribution in [2.24, 2.45) is 0 Å². The summed E-state index contributed by atoms with van der Waals surface area (Å²) in [6, 6.07) is 24.6. The van der Waals surface area contributed by atoms with Crippen LogP contribution in [0.1, 0.15) is 21.5 Å². The number of aryl methyl sites for hydroxylation is 2. The van der Waals surface area contributed by atoms with Gasteiger partial charge in [-0.05, 0) is 50.0 Å². The molecular weight excluding hydrogens is 306 g/mol. The van der Waals surface area contributed by atoms with Crippen LogP contribution in [-0.4, -0.2) is 24.4 Å². The molecule has 0 saturated carbocycles. The smallest absolute Gasteiger partial charge is 0.186 e. The molecule has 0 bridgehead atoms. The number of hydrogen-bond donors (Lipinski definition) is 0. The number of benzene rings is 3. The largest absolute Gasteiger partial charge is 0.289 e. The molecule has 1 atom stereocenters. The average molecular weight is 325 g/mol. The molecule has 3 aromatic carbocycles. The summed E-state index contributed by atoms with van der Waals surface area (Å²) in [5.74, 6) is 0. The maximum atomic E-state index is 12.6. The summed E-state index contributed by atoms with van der Waals surface area (Å²) in [6.45, 7) is 4.01. The number of carbonyl (C=O) groups excluding carboxylic acids is 1. The predicted octanol–water partition coefficient (Wildman–Crippen LogP) is 4.73. The van der Waals surface area contributed by atoms with Crippen LogP contribution < -0.4 is 5.30 Å². The minimum atomic E-state index is 0. The van der Waals surface area contributed by atoms with Gasteiger partial charge in [0.05, 0.1) is 0 Å². The van der Waals surface area contributed by atoms with Crippen molar-refractivity contribution in [3.05, 3.63) is 89.5 Å². The monoisotopic (exact) mass is 325 g/mol. The van der Waals surface area contributed by atoms with Crippen LogP contribution in [0.3, 0.4) is 0 Å². The molecule has 0 saturated heterocycles. The first-order valence-corrected chi connectivity index (χ1v) is 8.68. The molecule has 0 heterocycles. The molecule has 1 nitrogen and oxygen atoms in total. The van der Waals surface area contributed by atoms with Gasteiger partial charge < -0.3 is 0 Å². The summed E-state index contributed by atoms with van der Waals surface area (Å²) >= 11 is 0. The Kier molecular flexibility index (Phi) is 6.58. The standard InChI is InChI=1S/C21H19OP.Li/c1-15-7-6-8-16(2)20(15)21(22)23-19-13-11-18(12-14-19)17-9-4-3-5-10-17;/h3-14,23H,1-2H3;. The molecule has 0 aliphatic rings. The Morgan fingerprint density at radius 2 is 1.25 bits per heavy atom. The molecule has 0 aliphatic heterocycles. The van der Waals surface area contributed by atoms with Crippen molar-refractivity contribution in [3.8, 4) is 11.1 Å². The van der Waals surface area contributed by atoms with Gasteiger partial charge in [0, 0.05) is 24.4 Å². The summed E-state index contributed by atoms with van der Waals surface area (Å²) < 4.78 is 0. The molecule has 0 aromatic heterocycles. The van der Waals surface area contributed by atoms with Gasteiger partial charge in [-0.25, -0.2) is 0 Å². The number of rotatable bonds is 4. The van der Waals surface area contributed by atoms with Gasteiger partial charge in [-0.1, -0.05) is 72.8 Å². The van der Waals surface area contributed by atoms with Crippen molar-refractivity contribution in [3.63, 3.8) is 0 Å². The molecule has 0 spiro atoms. The summed E-state index contributed by atoms with van der Waals surface area (Å²) in [4.78, 5) is 12.6. The van der Waals surface area contributed by atoms with Crippen LogP contribution in [0, 0.1) is 13.8 Å². The van der Waals surface area contributed by atoms with Crippen LogP contribution in [-0.2, 0) is 0 Å². The minimum Gasteiger partial charge on any atom is -0.289 e. The zero-order valence-corrected chi connectivity index (χ0v) is 15.3. The van der Waals surface area contributed by atoms with E-state index in [1.54, 1.807) is 0 Å². The summed E-state index contributed by atoms with van der Waals surface area (Å²) in [7, 11) is 0.164. The third-order valence-electron chi connectivity index (χ3n) is 3.96. The fourth-order valence-electron chi connectivity index (χ4n) is 2.74. The third kappa shape index (κ3) is 4.25. The molecule has 1 radical (unpaired) electrons. The van der Waals surface area contributed by atoms with Crippen LogP contribution in [0.5, 0.6) is 0 Å². The van der Waals surface area contributed by atoms with Gasteiger partial charge in [-0.15, -0.1) is 0 Å². The van der Waals surface area contributed by atoms with Crippen molar-refractivity contribution >= 4 is 38.3 Å². The Bertz CT molecular complexity index is 806. The Morgan fingerprint density at radius 1 is 0.708 bits per heavy atom. The number of hydrogen-bond acceptors (Lipinski definition) is 1. The molecular formula is C21H19LiOP. The average Bonchev–Trinajstić information content (AvgIpc) is 2.56. The van der Waals surface area contributed by atoms with Gasteiger partial charge in [0.1, 0.15) is 0 Å². The van der Waals surface area contributed by atoms with Crippen LogP contribution in [0.2, 0.25) is 0 Å². The van der Waals surface area contributed by atoms with E-state index >= 15 is 0 Å². The Morgan fingerprint density at radius 3 is 1.83 bits per heavy atom. The fourth-order valence-corrected chi connectivity index (χ4v) is 3.86. The first kappa shape index (κ1) is 18.7. The van der Waals surface area contributed by atoms with Crippen LogP contribution in [0.15, 0.2) is 72.8 Å². The summed E-state index contributed by atoms with van der Waals surface area (Å²) in [5, 5.41) is 1.08. The minimum absolute atomic E-state index is 0. The van der Waals surface area contributed by atoms with Crippen molar-refractivity contribution in [2.45, 2.75) is 13.8 Å². The normalized spacial score (nSPS) is 10.6. The molecule has 115 valence electrons. The predicted molar refractivity (Wildman–Crippen MR) is 106 cm³/mol. The van der Waals surface area contributed by atoms with E-state index in [2.05, 4.69) is 36.4 Å². The molecule has 0 N–H and O–H groups in total. The van der Waals surface area contributed by atoms with Gasteiger partial charge >= 0.3 is 0 Å². The van der Waals surface area contributed by atoms with Gasteiger partial charge in [-0.3, -0.25) is 4.79 Å². The quantitative estimate of drug-likeness (QED) is 0.500. The number of carbonyl (C=O) groups is 1. The Labute approximate surface area is 157 Å². The molecule has 0 aliphatic carbocycles. The zero-order chi connectivity index (χ0) is 16.2. The van der Waals surface area contributed by atoms with E-state index in [1.165, 1.54) is 11.1 Å². The van der Waals surface area contributed by atoms with E-state index in [0.717, 1.165) is 22.0 Å². The zero-order valence-electron chi connectivity index (χ0n) is 14.3. The second-order valence-corrected chi connectivity index (χ2v) is 6.95. The topological polar surface area (TPSA) is 17.1 Å². The molecule has 3 rings (SSSR count). The van der Waals surface area contributed by atoms with Gasteiger partial charge in [0.25, 0.3) is 0 Å². The van der Waals surface area contributed by atoms with E-state index in [1.807, 2.05) is 50.2 Å². The van der Waals surface area contributed by atoms with Crippen LogP contribution in [0.4, 0.5) is 0 Å².